The monoisotopic (exact) mass is 342 g/mol. The molecule has 2 aromatic carbocycles. The summed E-state index contributed by atoms with van der Waals surface area (Å²) in [5.41, 5.74) is 0.279. The summed E-state index contributed by atoms with van der Waals surface area (Å²) in [5.74, 6) is 1.20. The minimum Gasteiger partial charge on any atom is -0.497 e. The quantitative estimate of drug-likeness (QED) is 0.508. The molecule has 7 heteroatoms. The average Bonchev–Trinajstić information content (AvgIpc) is 2.61. The van der Waals surface area contributed by atoms with Crippen LogP contribution in [-0.2, 0) is 0 Å². The number of non-ortho nitro benzene ring substituents is 1. The van der Waals surface area contributed by atoms with Crippen LogP contribution in [0.5, 0.6) is 11.5 Å². The van der Waals surface area contributed by atoms with E-state index in [1.165, 1.54) is 24.9 Å². The Morgan fingerprint density at radius 2 is 1.75 bits per heavy atom. The Hall–Kier alpha value is -2.80. The number of rotatable bonds is 5. The van der Waals surface area contributed by atoms with E-state index in [9.17, 15) is 10.1 Å². The number of pyridine rings is 1. The van der Waals surface area contributed by atoms with Gasteiger partial charge in [-0.1, -0.05) is 11.8 Å². The van der Waals surface area contributed by atoms with Crippen LogP contribution in [0.25, 0.3) is 10.9 Å². The van der Waals surface area contributed by atoms with Gasteiger partial charge in [0, 0.05) is 21.4 Å². The number of hydrogen-bond donors (Lipinski definition) is 0. The molecule has 6 nitrogen and oxygen atoms in total. The van der Waals surface area contributed by atoms with Gasteiger partial charge in [-0.05, 0) is 36.4 Å². The number of nitro benzene ring substituents is 1. The summed E-state index contributed by atoms with van der Waals surface area (Å²) < 4.78 is 10.3. The van der Waals surface area contributed by atoms with Crippen molar-refractivity contribution in [2.45, 2.75) is 9.79 Å². The average molecular weight is 342 g/mol. The first-order valence-electron chi connectivity index (χ1n) is 7.05. The van der Waals surface area contributed by atoms with Crippen molar-refractivity contribution in [1.29, 1.82) is 0 Å². The van der Waals surface area contributed by atoms with Crippen LogP contribution in [0.1, 0.15) is 0 Å². The van der Waals surface area contributed by atoms with Gasteiger partial charge in [-0.2, -0.15) is 0 Å². The molecule has 0 unspecified atom stereocenters. The molecule has 0 saturated carbocycles. The zero-order chi connectivity index (χ0) is 17.1. The van der Waals surface area contributed by atoms with Crippen molar-refractivity contribution in [1.82, 2.24) is 4.98 Å². The SMILES string of the molecule is COc1ccc(Sc2ccnc3c([N+](=O)[O-])cc(OC)cc23)cc1. The van der Waals surface area contributed by atoms with E-state index in [2.05, 4.69) is 4.98 Å². The highest BCUT2D eigenvalue weighted by molar-refractivity contribution is 7.99. The minimum absolute atomic E-state index is 0.0680. The first-order chi connectivity index (χ1) is 11.6. The maximum Gasteiger partial charge on any atom is 0.299 e. The fourth-order valence-electron chi connectivity index (χ4n) is 2.30. The molecule has 122 valence electrons. The number of ether oxygens (including phenoxy) is 2. The second-order valence-corrected chi connectivity index (χ2v) is 6.00. The highest BCUT2D eigenvalue weighted by Gasteiger charge is 2.18. The summed E-state index contributed by atoms with van der Waals surface area (Å²) in [6.07, 6.45) is 1.58. The van der Waals surface area contributed by atoms with E-state index in [1.807, 2.05) is 30.3 Å². The molecule has 0 bridgehead atoms. The highest BCUT2D eigenvalue weighted by atomic mass is 32.2. The van der Waals surface area contributed by atoms with E-state index in [0.717, 1.165) is 15.5 Å². The molecule has 0 aliphatic heterocycles. The molecule has 0 aliphatic carbocycles. The molecule has 0 atom stereocenters. The van der Waals surface area contributed by atoms with Crippen LogP contribution in [0.3, 0.4) is 0 Å². The van der Waals surface area contributed by atoms with Gasteiger partial charge in [0.2, 0.25) is 0 Å². The number of fused-ring (bicyclic) bond motifs is 1. The van der Waals surface area contributed by atoms with Gasteiger partial charge >= 0.3 is 0 Å². The van der Waals surface area contributed by atoms with Crippen LogP contribution >= 0.6 is 11.8 Å². The molecule has 1 aromatic heterocycles. The summed E-state index contributed by atoms with van der Waals surface area (Å²) in [6.45, 7) is 0. The first-order valence-corrected chi connectivity index (χ1v) is 7.87. The molecule has 3 rings (SSSR count). The number of aromatic nitrogens is 1. The van der Waals surface area contributed by atoms with Gasteiger partial charge in [-0.25, -0.2) is 4.98 Å². The lowest BCUT2D eigenvalue weighted by molar-refractivity contribution is -0.383. The fraction of sp³-hybridized carbons (Fsp3) is 0.118. The van der Waals surface area contributed by atoms with Gasteiger partial charge < -0.3 is 9.47 Å². The van der Waals surface area contributed by atoms with Crippen molar-refractivity contribution < 1.29 is 14.4 Å². The standard InChI is InChI=1S/C17H14N2O4S/c1-22-11-3-5-13(6-4-11)24-16-7-8-18-17-14(16)9-12(23-2)10-15(17)19(20)21/h3-10H,1-2H3. The molecule has 0 spiro atoms. The lowest BCUT2D eigenvalue weighted by Crippen LogP contribution is -1.94. The minimum atomic E-state index is -0.445. The van der Waals surface area contributed by atoms with E-state index in [4.69, 9.17) is 9.47 Å². The van der Waals surface area contributed by atoms with Crippen molar-refractivity contribution >= 4 is 28.4 Å². The van der Waals surface area contributed by atoms with Gasteiger partial charge in [0.05, 0.1) is 25.2 Å². The molecule has 0 amide bonds. The van der Waals surface area contributed by atoms with Crippen molar-refractivity contribution in [2.75, 3.05) is 14.2 Å². The largest absolute Gasteiger partial charge is 0.497 e. The molecule has 0 saturated heterocycles. The Balaban J connectivity index is 2.10. The van der Waals surface area contributed by atoms with Gasteiger partial charge in [0.15, 0.2) is 0 Å². The Morgan fingerprint density at radius 3 is 2.38 bits per heavy atom. The van der Waals surface area contributed by atoms with Crippen molar-refractivity contribution in [3.8, 4) is 11.5 Å². The number of benzene rings is 2. The normalized spacial score (nSPS) is 10.6. The number of nitrogens with zero attached hydrogens (tertiary/aromatic N) is 2. The Kier molecular flexibility index (Phi) is 4.52. The van der Waals surface area contributed by atoms with Crippen LogP contribution in [0, 0.1) is 10.1 Å². The maximum atomic E-state index is 11.3. The van der Waals surface area contributed by atoms with E-state index < -0.39 is 4.92 Å². The van der Waals surface area contributed by atoms with Crippen LogP contribution in [0.4, 0.5) is 5.69 Å². The molecule has 0 N–H and O–H groups in total. The van der Waals surface area contributed by atoms with E-state index >= 15 is 0 Å². The molecule has 3 aromatic rings. The van der Waals surface area contributed by atoms with Crippen molar-refractivity contribution in [3.63, 3.8) is 0 Å². The fourth-order valence-corrected chi connectivity index (χ4v) is 3.22. The van der Waals surface area contributed by atoms with Gasteiger partial charge in [0.1, 0.15) is 17.0 Å². The van der Waals surface area contributed by atoms with E-state index in [-0.39, 0.29) is 5.69 Å². The Bertz CT molecular complexity index is 897. The molecular formula is C17H14N2O4S. The van der Waals surface area contributed by atoms with Gasteiger partial charge in [-0.15, -0.1) is 0 Å². The van der Waals surface area contributed by atoms with Gasteiger partial charge in [0.25, 0.3) is 5.69 Å². The highest BCUT2D eigenvalue weighted by Crippen LogP contribution is 2.38. The summed E-state index contributed by atoms with van der Waals surface area (Å²) in [5, 5.41) is 12.0. The first kappa shape index (κ1) is 16.1. The van der Waals surface area contributed by atoms with Crippen LogP contribution in [0.2, 0.25) is 0 Å². The number of nitro groups is 1. The smallest absolute Gasteiger partial charge is 0.299 e. The second kappa shape index (κ2) is 6.76. The lowest BCUT2D eigenvalue weighted by Gasteiger charge is -2.09. The molecule has 0 fully saturated rings. The summed E-state index contributed by atoms with van der Waals surface area (Å²) >= 11 is 1.50. The topological polar surface area (TPSA) is 74.5 Å². The predicted octanol–water partition coefficient (Wildman–Crippen LogP) is 4.31. The van der Waals surface area contributed by atoms with Crippen LogP contribution in [-0.4, -0.2) is 24.1 Å². The van der Waals surface area contributed by atoms with Crippen molar-refractivity contribution in [2.24, 2.45) is 0 Å². The Morgan fingerprint density at radius 1 is 1.04 bits per heavy atom. The van der Waals surface area contributed by atoms with E-state index in [0.29, 0.717) is 16.7 Å². The van der Waals surface area contributed by atoms with Crippen LogP contribution in [0.15, 0.2) is 58.5 Å². The Labute approximate surface area is 142 Å². The van der Waals surface area contributed by atoms with Gasteiger partial charge in [-0.3, -0.25) is 10.1 Å². The third kappa shape index (κ3) is 3.11. The summed E-state index contributed by atoms with van der Waals surface area (Å²) in [4.78, 5) is 16.9. The van der Waals surface area contributed by atoms with E-state index in [1.54, 1.807) is 19.4 Å². The number of hydrogen-bond acceptors (Lipinski definition) is 6. The zero-order valence-electron chi connectivity index (χ0n) is 13.1. The second-order valence-electron chi connectivity index (χ2n) is 4.89. The zero-order valence-corrected chi connectivity index (χ0v) is 13.9. The van der Waals surface area contributed by atoms with Crippen molar-refractivity contribution in [3.05, 3.63) is 58.8 Å². The molecule has 1 heterocycles. The molecule has 0 aliphatic rings. The molecule has 0 radical (unpaired) electrons. The lowest BCUT2D eigenvalue weighted by atomic mass is 10.2. The maximum absolute atomic E-state index is 11.3. The third-order valence-electron chi connectivity index (χ3n) is 3.48. The third-order valence-corrected chi connectivity index (χ3v) is 4.56. The molecule has 24 heavy (non-hydrogen) atoms. The number of methoxy groups -OCH3 is 2. The predicted molar refractivity (Wildman–Crippen MR) is 92.1 cm³/mol. The van der Waals surface area contributed by atoms with Crippen LogP contribution < -0.4 is 9.47 Å². The summed E-state index contributed by atoms with van der Waals surface area (Å²) in [7, 11) is 3.10. The summed E-state index contributed by atoms with van der Waals surface area (Å²) in [6, 6.07) is 12.6. The molecular weight excluding hydrogens is 328 g/mol.